The van der Waals surface area contributed by atoms with Crippen molar-refractivity contribution in [3.63, 3.8) is 0 Å². The van der Waals surface area contributed by atoms with Crippen LogP contribution in [0.15, 0.2) is 18.3 Å². The third-order valence-corrected chi connectivity index (χ3v) is 2.23. The molecular formula is C12H20N2. The van der Waals surface area contributed by atoms with Gasteiger partial charge in [-0.2, -0.15) is 0 Å². The van der Waals surface area contributed by atoms with E-state index in [9.17, 15) is 0 Å². The molecule has 1 N–H and O–H groups in total. The molecule has 1 aromatic rings. The summed E-state index contributed by atoms with van der Waals surface area (Å²) in [7, 11) is 0. The van der Waals surface area contributed by atoms with Gasteiger partial charge in [0.1, 0.15) is 0 Å². The Morgan fingerprint density at radius 1 is 1.36 bits per heavy atom. The molecule has 0 bridgehead atoms. The van der Waals surface area contributed by atoms with Crippen LogP contribution in [0.4, 0.5) is 0 Å². The molecule has 0 saturated heterocycles. The van der Waals surface area contributed by atoms with Crippen molar-refractivity contribution in [3.8, 4) is 0 Å². The van der Waals surface area contributed by atoms with Crippen molar-refractivity contribution in [1.82, 2.24) is 10.3 Å². The molecule has 0 aromatic carbocycles. The van der Waals surface area contributed by atoms with Crippen LogP contribution in [0, 0.1) is 0 Å². The maximum Gasteiger partial charge on any atom is 0.0416 e. The van der Waals surface area contributed by atoms with Gasteiger partial charge in [-0.05, 0) is 18.1 Å². The molecule has 0 spiro atoms. The molecule has 78 valence electrons. The van der Waals surface area contributed by atoms with Crippen LogP contribution in [0.25, 0.3) is 0 Å². The van der Waals surface area contributed by atoms with Crippen molar-refractivity contribution in [2.75, 3.05) is 6.54 Å². The monoisotopic (exact) mass is 192 g/mol. The van der Waals surface area contributed by atoms with Gasteiger partial charge in [0.2, 0.25) is 0 Å². The number of pyridine rings is 1. The van der Waals surface area contributed by atoms with E-state index in [1.54, 1.807) is 0 Å². The van der Waals surface area contributed by atoms with E-state index in [0.29, 0.717) is 6.04 Å². The highest BCUT2D eigenvalue weighted by Gasteiger charge is 1.96. The number of aryl methyl sites for hydroxylation is 1. The highest BCUT2D eigenvalue weighted by atomic mass is 14.9. The highest BCUT2D eigenvalue weighted by Crippen LogP contribution is 2.01. The Morgan fingerprint density at radius 2 is 2.14 bits per heavy atom. The zero-order valence-electron chi connectivity index (χ0n) is 9.38. The average molecular weight is 192 g/mol. The molecule has 1 aromatic heterocycles. The van der Waals surface area contributed by atoms with Crippen LogP contribution < -0.4 is 5.32 Å². The minimum absolute atomic E-state index is 0.560. The second kappa shape index (κ2) is 5.76. The summed E-state index contributed by atoms with van der Waals surface area (Å²) < 4.78 is 0. The van der Waals surface area contributed by atoms with Crippen LogP contribution in [0.5, 0.6) is 0 Å². The van der Waals surface area contributed by atoms with E-state index in [2.05, 4.69) is 43.2 Å². The summed E-state index contributed by atoms with van der Waals surface area (Å²) in [6.45, 7) is 7.48. The van der Waals surface area contributed by atoms with Crippen molar-refractivity contribution in [1.29, 1.82) is 0 Å². The SMILES string of the molecule is CCc1ccc(CCNC(C)C)nc1. The predicted molar refractivity (Wildman–Crippen MR) is 60.5 cm³/mol. The third kappa shape index (κ3) is 3.88. The van der Waals surface area contributed by atoms with Gasteiger partial charge in [0.25, 0.3) is 0 Å². The summed E-state index contributed by atoms with van der Waals surface area (Å²) in [5.41, 5.74) is 2.49. The lowest BCUT2D eigenvalue weighted by molar-refractivity contribution is 0.587. The molecule has 0 unspecified atom stereocenters. The molecule has 0 aliphatic carbocycles. The number of hydrogen-bond donors (Lipinski definition) is 1. The van der Waals surface area contributed by atoms with Crippen molar-refractivity contribution >= 4 is 0 Å². The van der Waals surface area contributed by atoms with Gasteiger partial charge in [-0.15, -0.1) is 0 Å². The Kier molecular flexibility index (Phi) is 4.60. The zero-order chi connectivity index (χ0) is 10.4. The molecule has 14 heavy (non-hydrogen) atoms. The molecule has 0 aliphatic rings. The lowest BCUT2D eigenvalue weighted by atomic mass is 10.2. The van der Waals surface area contributed by atoms with Crippen LogP contribution in [0.2, 0.25) is 0 Å². The molecule has 0 radical (unpaired) electrons. The van der Waals surface area contributed by atoms with Crippen molar-refractivity contribution in [2.24, 2.45) is 0 Å². The van der Waals surface area contributed by atoms with Gasteiger partial charge >= 0.3 is 0 Å². The van der Waals surface area contributed by atoms with Crippen molar-refractivity contribution in [2.45, 2.75) is 39.7 Å². The van der Waals surface area contributed by atoms with Crippen LogP contribution >= 0.6 is 0 Å². The molecule has 0 aliphatic heterocycles. The summed E-state index contributed by atoms with van der Waals surface area (Å²) in [6, 6.07) is 4.85. The Morgan fingerprint density at radius 3 is 2.64 bits per heavy atom. The van der Waals surface area contributed by atoms with Crippen molar-refractivity contribution < 1.29 is 0 Å². The second-order valence-electron chi connectivity index (χ2n) is 3.87. The summed E-state index contributed by atoms with van der Waals surface area (Å²) in [4.78, 5) is 4.41. The van der Waals surface area contributed by atoms with Gasteiger partial charge in [-0.3, -0.25) is 4.98 Å². The fraction of sp³-hybridized carbons (Fsp3) is 0.583. The topological polar surface area (TPSA) is 24.9 Å². The van der Waals surface area contributed by atoms with Crippen LogP contribution in [-0.4, -0.2) is 17.6 Å². The van der Waals surface area contributed by atoms with Gasteiger partial charge in [0, 0.05) is 30.9 Å². The van der Waals surface area contributed by atoms with Gasteiger partial charge in [0.15, 0.2) is 0 Å². The van der Waals surface area contributed by atoms with E-state index < -0.39 is 0 Å². The highest BCUT2D eigenvalue weighted by molar-refractivity contribution is 5.14. The fourth-order valence-electron chi connectivity index (χ4n) is 1.30. The molecule has 0 amide bonds. The van der Waals surface area contributed by atoms with Gasteiger partial charge in [0.05, 0.1) is 0 Å². The van der Waals surface area contributed by atoms with Gasteiger partial charge < -0.3 is 5.32 Å². The fourth-order valence-corrected chi connectivity index (χ4v) is 1.30. The molecule has 2 nitrogen and oxygen atoms in total. The third-order valence-electron chi connectivity index (χ3n) is 2.23. The summed E-state index contributed by atoms with van der Waals surface area (Å²) in [6.07, 6.45) is 4.06. The number of aromatic nitrogens is 1. The van der Waals surface area contributed by atoms with Gasteiger partial charge in [-0.25, -0.2) is 0 Å². The quantitative estimate of drug-likeness (QED) is 0.773. The normalized spacial score (nSPS) is 10.9. The van der Waals surface area contributed by atoms with E-state index in [1.165, 1.54) is 11.3 Å². The average Bonchev–Trinajstić information content (AvgIpc) is 2.18. The number of rotatable bonds is 5. The number of nitrogens with zero attached hydrogens (tertiary/aromatic N) is 1. The molecule has 0 atom stereocenters. The van der Waals surface area contributed by atoms with Crippen LogP contribution in [-0.2, 0) is 12.8 Å². The lowest BCUT2D eigenvalue weighted by Crippen LogP contribution is -2.25. The van der Waals surface area contributed by atoms with E-state index >= 15 is 0 Å². The summed E-state index contributed by atoms with van der Waals surface area (Å²) in [5, 5.41) is 3.38. The largest absolute Gasteiger partial charge is 0.314 e. The first-order valence-electron chi connectivity index (χ1n) is 5.39. The number of nitrogens with one attached hydrogen (secondary N) is 1. The van der Waals surface area contributed by atoms with E-state index in [4.69, 9.17) is 0 Å². The lowest BCUT2D eigenvalue weighted by Gasteiger charge is -2.07. The smallest absolute Gasteiger partial charge is 0.0416 e. The molecule has 1 heterocycles. The first-order valence-corrected chi connectivity index (χ1v) is 5.39. The standard InChI is InChI=1S/C12H20N2/c1-4-11-5-6-12(14-9-11)7-8-13-10(2)3/h5-6,9-10,13H,4,7-8H2,1-3H3. The molecule has 0 fully saturated rings. The molecular weight excluding hydrogens is 172 g/mol. The van der Waals surface area contributed by atoms with Crippen LogP contribution in [0.3, 0.4) is 0 Å². The van der Waals surface area contributed by atoms with Gasteiger partial charge in [-0.1, -0.05) is 26.8 Å². The number of hydrogen-bond acceptors (Lipinski definition) is 2. The van der Waals surface area contributed by atoms with Crippen molar-refractivity contribution in [3.05, 3.63) is 29.6 Å². The van der Waals surface area contributed by atoms with Crippen LogP contribution in [0.1, 0.15) is 32.0 Å². The maximum atomic E-state index is 4.41. The van der Waals surface area contributed by atoms with E-state index in [1.807, 2.05) is 6.20 Å². The predicted octanol–water partition coefficient (Wildman–Crippen LogP) is 2.18. The molecule has 2 heteroatoms. The molecule has 1 rings (SSSR count). The Bertz CT molecular complexity index is 252. The maximum absolute atomic E-state index is 4.41. The second-order valence-corrected chi connectivity index (χ2v) is 3.87. The minimum atomic E-state index is 0.560. The molecule has 0 saturated carbocycles. The minimum Gasteiger partial charge on any atom is -0.314 e. The Balaban J connectivity index is 2.36. The van der Waals surface area contributed by atoms with E-state index in [0.717, 1.165) is 19.4 Å². The first kappa shape index (κ1) is 11.2. The Hall–Kier alpha value is -0.890. The zero-order valence-corrected chi connectivity index (χ0v) is 9.38. The summed E-state index contributed by atoms with van der Waals surface area (Å²) in [5.74, 6) is 0. The first-order chi connectivity index (χ1) is 6.72. The van der Waals surface area contributed by atoms with E-state index in [-0.39, 0.29) is 0 Å². The Labute approximate surface area is 86.8 Å². The summed E-state index contributed by atoms with van der Waals surface area (Å²) >= 11 is 0.